The van der Waals surface area contributed by atoms with Crippen molar-refractivity contribution in [2.45, 2.75) is 91.9 Å². The first kappa shape index (κ1) is 32.3. The van der Waals surface area contributed by atoms with E-state index >= 15 is 0 Å². The fourth-order valence-corrected chi connectivity index (χ4v) is 5.20. The summed E-state index contributed by atoms with van der Waals surface area (Å²) in [7, 11) is 0. The van der Waals surface area contributed by atoms with Gasteiger partial charge < -0.3 is 15.3 Å². The van der Waals surface area contributed by atoms with E-state index in [1.54, 1.807) is 24.3 Å². The summed E-state index contributed by atoms with van der Waals surface area (Å²) in [5.41, 5.74) is 2.01. The van der Waals surface area contributed by atoms with Gasteiger partial charge in [0, 0.05) is 12.1 Å². The van der Waals surface area contributed by atoms with Crippen LogP contribution >= 0.6 is 0 Å². The number of nitrogens with one attached hydrogen (secondary N) is 2. The molecule has 3 N–H and O–H groups in total. The fourth-order valence-electron chi connectivity index (χ4n) is 5.20. The summed E-state index contributed by atoms with van der Waals surface area (Å²) in [6, 6.07) is 12.6. The van der Waals surface area contributed by atoms with E-state index in [4.69, 9.17) is 5.11 Å². The molecule has 41 heavy (non-hydrogen) atoms. The predicted octanol–water partition coefficient (Wildman–Crippen LogP) is 6.47. The molecule has 4 atom stereocenters. The molecule has 0 radical (unpaired) electrons. The van der Waals surface area contributed by atoms with Gasteiger partial charge in [0.25, 0.3) is 5.91 Å². The van der Waals surface area contributed by atoms with Gasteiger partial charge in [-0.1, -0.05) is 65.8 Å². The zero-order valence-electron chi connectivity index (χ0n) is 25.2. The molecule has 8 heteroatoms. The van der Waals surface area contributed by atoms with E-state index in [-0.39, 0.29) is 48.2 Å². The van der Waals surface area contributed by atoms with Crippen LogP contribution in [0.2, 0.25) is 0 Å². The van der Waals surface area contributed by atoms with Crippen LogP contribution in [0.5, 0.6) is 0 Å². The Balaban J connectivity index is 1.94. The third kappa shape index (κ3) is 9.12. The summed E-state index contributed by atoms with van der Waals surface area (Å²) in [4.78, 5) is 39.4. The second kappa shape index (κ2) is 14.1. The molecule has 224 valence electrons. The van der Waals surface area contributed by atoms with E-state index in [9.17, 15) is 18.8 Å². The molecule has 0 saturated carbocycles. The number of benzene rings is 2. The van der Waals surface area contributed by atoms with Gasteiger partial charge >= 0.3 is 5.97 Å². The number of hydrogen-bond acceptors (Lipinski definition) is 4. The Bertz CT molecular complexity index is 1190. The molecule has 1 saturated heterocycles. The first-order valence-electron chi connectivity index (χ1n) is 14.7. The van der Waals surface area contributed by atoms with Crippen molar-refractivity contribution < 1.29 is 23.9 Å². The van der Waals surface area contributed by atoms with Crippen LogP contribution in [0.15, 0.2) is 48.5 Å². The van der Waals surface area contributed by atoms with Gasteiger partial charge in [0.1, 0.15) is 11.9 Å². The van der Waals surface area contributed by atoms with Crippen molar-refractivity contribution in [3.8, 4) is 0 Å². The molecule has 1 aliphatic heterocycles. The topological polar surface area (TPSA) is 98.7 Å². The number of carboxylic acids is 1. The molecule has 0 spiro atoms. The highest BCUT2D eigenvalue weighted by molar-refractivity contribution is 5.94. The molecule has 0 aliphatic carbocycles. The first-order valence-corrected chi connectivity index (χ1v) is 14.7. The molecule has 7 nitrogen and oxygen atoms in total. The SMILES string of the molecule is CC(C)C(C)CCC1NC(c2cccc(F)c2)C(=O)N1[C@H](CCC(C)(C)C)c1ccc(C(=O)NCCC(=O)O)cc1. The summed E-state index contributed by atoms with van der Waals surface area (Å²) in [5, 5.41) is 15.0. The van der Waals surface area contributed by atoms with Gasteiger partial charge in [-0.3, -0.25) is 19.7 Å². The molecule has 1 fully saturated rings. The summed E-state index contributed by atoms with van der Waals surface area (Å²) in [6.07, 6.45) is 2.95. The quantitative estimate of drug-likeness (QED) is 0.258. The van der Waals surface area contributed by atoms with Crippen LogP contribution in [0.25, 0.3) is 0 Å². The average Bonchev–Trinajstić information content (AvgIpc) is 3.22. The van der Waals surface area contributed by atoms with E-state index in [0.29, 0.717) is 23.0 Å². The summed E-state index contributed by atoms with van der Waals surface area (Å²) in [5.74, 6) is -0.761. The minimum Gasteiger partial charge on any atom is -0.481 e. The number of carbonyl (C=O) groups excluding carboxylic acids is 2. The Morgan fingerprint density at radius 2 is 1.76 bits per heavy atom. The van der Waals surface area contributed by atoms with Crippen LogP contribution < -0.4 is 10.6 Å². The number of carboxylic acid groups (broad SMARTS) is 1. The molecule has 0 bridgehead atoms. The molecule has 1 heterocycles. The van der Waals surface area contributed by atoms with Crippen molar-refractivity contribution in [1.82, 2.24) is 15.5 Å². The van der Waals surface area contributed by atoms with Crippen LogP contribution in [0.4, 0.5) is 4.39 Å². The molecule has 3 unspecified atom stereocenters. The smallest absolute Gasteiger partial charge is 0.305 e. The highest BCUT2D eigenvalue weighted by Crippen LogP contribution is 2.39. The minimum atomic E-state index is -0.972. The maximum Gasteiger partial charge on any atom is 0.305 e. The number of carbonyl (C=O) groups is 3. The molecule has 2 amide bonds. The van der Waals surface area contributed by atoms with Crippen molar-refractivity contribution in [2.75, 3.05) is 6.54 Å². The van der Waals surface area contributed by atoms with Gasteiger partial charge in [-0.15, -0.1) is 0 Å². The fraction of sp³-hybridized carbons (Fsp3) is 0.545. The van der Waals surface area contributed by atoms with Gasteiger partial charge in [-0.2, -0.15) is 0 Å². The lowest BCUT2D eigenvalue weighted by Crippen LogP contribution is -2.41. The van der Waals surface area contributed by atoms with Gasteiger partial charge in [0.05, 0.1) is 18.6 Å². The van der Waals surface area contributed by atoms with Crippen LogP contribution in [-0.2, 0) is 9.59 Å². The maximum atomic E-state index is 14.2. The van der Waals surface area contributed by atoms with Crippen molar-refractivity contribution >= 4 is 17.8 Å². The van der Waals surface area contributed by atoms with E-state index in [0.717, 1.165) is 31.2 Å². The Kier molecular flexibility index (Phi) is 11.1. The summed E-state index contributed by atoms with van der Waals surface area (Å²) < 4.78 is 14.2. The molecular weight excluding hydrogens is 521 g/mol. The third-order valence-corrected chi connectivity index (χ3v) is 8.10. The lowest BCUT2D eigenvalue weighted by atomic mass is 9.86. The second-order valence-corrected chi connectivity index (χ2v) is 12.9. The molecular formula is C33H46FN3O4. The predicted molar refractivity (Wildman–Crippen MR) is 159 cm³/mol. The number of rotatable bonds is 13. The largest absolute Gasteiger partial charge is 0.481 e. The Morgan fingerprint density at radius 1 is 1.07 bits per heavy atom. The number of aliphatic carboxylic acids is 1. The van der Waals surface area contributed by atoms with Crippen molar-refractivity contribution in [1.29, 1.82) is 0 Å². The molecule has 1 aliphatic rings. The standard InChI is InChI=1S/C33H46FN3O4/c1-21(2)22(3)10-15-28-36-30(25-8-7-9-26(34)20-25)32(41)37(28)27(16-18-33(4,5)6)23-11-13-24(14-12-23)31(40)35-19-17-29(38)39/h7-9,11-14,20-22,27-28,30,36H,10,15-19H2,1-6H3,(H,35,40)(H,38,39)/t22?,27-,28?,30?/m1/s1. The Hall–Kier alpha value is -3.26. The van der Waals surface area contributed by atoms with Crippen LogP contribution in [0.3, 0.4) is 0 Å². The van der Waals surface area contributed by atoms with Crippen LogP contribution in [-0.4, -0.2) is 40.5 Å². The monoisotopic (exact) mass is 567 g/mol. The highest BCUT2D eigenvalue weighted by atomic mass is 19.1. The molecule has 2 aromatic rings. The van der Waals surface area contributed by atoms with Gasteiger partial charge in [0.15, 0.2) is 0 Å². The van der Waals surface area contributed by atoms with E-state index in [2.05, 4.69) is 52.2 Å². The van der Waals surface area contributed by atoms with Crippen molar-refractivity contribution in [3.63, 3.8) is 0 Å². The maximum absolute atomic E-state index is 14.2. The van der Waals surface area contributed by atoms with Crippen molar-refractivity contribution in [2.24, 2.45) is 17.3 Å². The molecule has 3 rings (SSSR count). The average molecular weight is 568 g/mol. The summed E-state index contributed by atoms with van der Waals surface area (Å²) >= 11 is 0. The highest BCUT2D eigenvalue weighted by Gasteiger charge is 2.43. The first-order chi connectivity index (χ1) is 19.3. The van der Waals surface area contributed by atoms with Gasteiger partial charge in [-0.05, 0) is 78.3 Å². The van der Waals surface area contributed by atoms with E-state index in [1.165, 1.54) is 12.1 Å². The van der Waals surface area contributed by atoms with Gasteiger partial charge in [-0.25, -0.2) is 4.39 Å². The number of amides is 2. The summed E-state index contributed by atoms with van der Waals surface area (Å²) in [6.45, 7) is 13.2. The van der Waals surface area contributed by atoms with Crippen LogP contribution in [0, 0.1) is 23.1 Å². The Labute approximate surface area is 243 Å². The Morgan fingerprint density at radius 3 is 2.34 bits per heavy atom. The van der Waals surface area contributed by atoms with Gasteiger partial charge in [0.2, 0.25) is 5.91 Å². The lowest BCUT2D eigenvalue weighted by molar-refractivity contribution is -0.137. The minimum absolute atomic E-state index is 0.0437. The van der Waals surface area contributed by atoms with Crippen molar-refractivity contribution in [3.05, 3.63) is 71.0 Å². The zero-order valence-corrected chi connectivity index (χ0v) is 25.2. The number of halogens is 1. The third-order valence-electron chi connectivity index (χ3n) is 8.10. The van der Waals surface area contributed by atoms with E-state index < -0.39 is 12.0 Å². The van der Waals surface area contributed by atoms with E-state index in [1.807, 2.05) is 17.0 Å². The molecule has 0 aromatic heterocycles. The lowest BCUT2D eigenvalue weighted by Gasteiger charge is -2.35. The molecule has 2 aromatic carbocycles. The normalized spacial score (nSPS) is 18.9. The van der Waals surface area contributed by atoms with Crippen LogP contribution in [0.1, 0.15) is 107 Å². The second-order valence-electron chi connectivity index (χ2n) is 12.9. The number of nitrogens with zero attached hydrogens (tertiary/aromatic N) is 1. The zero-order chi connectivity index (χ0) is 30.3. The number of hydrogen-bond donors (Lipinski definition) is 3.